The summed E-state index contributed by atoms with van der Waals surface area (Å²) in [6.45, 7) is 7.25. The van der Waals surface area contributed by atoms with E-state index >= 15 is 0 Å². The van der Waals surface area contributed by atoms with E-state index < -0.39 is 6.10 Å². The number of morpholine rings is 1. The lowest BCUT2D eigenvalue weighted by atomic mass is 10.0. The number of esters is 1. The van der Waals surface area contributed by atoms with Gasteiger partial charge in [-0.15, -0.1) is 0 Å². The van der Waals surface area contributed by atoms with E-state index in [0.717, 1.165) is 31.5 Å². The largest absolute Gasteiger partial charge is 0.455 e. The van der Waals surface area contributed by atoms with Gasteiger partial charge in [-0.1, -0.05) is 75.8 Å². The zero-order chi connectivity index (χ0) is 22.3. The minimum absolute atomic E-state index is 0.0277. The van der Waals surface area contributed by atoms with Crippen molar-refractivity contribution in [2.45, 2.75) is 77.4 Å². The summed E-state index contributed by atoms with van der Waals surface area (Å²) in [7, 11) is 0. The maximum absolute atomic E-state index is 12.8. The van der Waals surface area contributed by atoms with Crippen LogP contribution in [0.2, 0.25) is 0 Å². The Kier molecular flexibility index (Phi) is 12.2. The number of carbonyl (C=O) groups excluding carboxylic acids is 2. The second-order valence-electron chi connectivity index (χ2n) is 8.40. The molecule has 2 atom stereocenters. The molecule has 31 heavy (non-hydrogen) atoms. The van der Waals surface area contributed by atoms with Crippen molar-refractivity contribution in [3.05, 3.63) is 35.9 Å². The Balaban J connectivity index is 1.97. The first-order valence-corrected chi connectivity index (χ1v) is 11.9. The van der Waals surface area contributed by atoms with Gasteiger partial charge >= 0.3 is 5.97 Å². The first kappa shape index (κ1) is 25.3. The summed E-state index contributed by atoms with van der Waals surface area (Å²) in [6.07, 6.45) is 8.23. The summed E-state index contributed by atoms with van der Waals surface area (Å²) >= 11 is 0. The summed E-state index contributed by atoms with van der Waals surface area (Å²) in [4.78, 5) is 26.9. The van der Waals surface area contributed by atoms with Gasteiger partial charge < -0.3 is 14.8 Å². The minimum atomic E-state index is -0.514. The number of ether oxygens (including phenoxy) is 2. The van der Waals surface area contributed by atoms with Gasteiger partial charge in [-0.05, 0) is 12.0 Å². The molecule has 1 heterocycles. The molecule has 1 N–H and O–H groups in total. The molecule has 6 nitrogen and oxygen atoms in total. The van der Waals surface area contributed by atoms with Crippen molar-refractivity contribution < 1.29 is 19.1 Å². The van der Waals surface area contributed by atoms with Crippen molar-refractivity contribution in [3.8, 4) is 0 Å². The minimum Gasteiger partial charge on any atom is -0.455 e. The maximum Gasteiger partial charge on any atom is 0.303 e. The van der Waals surface area contributed by atoms with Crippen molar-refractivity contribution in [2.75, 3.05) is 32.8 Å². The van der Waals surface area contributed by atoms with E-state index in [0.29, 0.717) is 26.2 Å². The molecule has 1 saturated heterocycles. The number of hydrogen-bond donors (Lipinski definition) is 1. The monoisotopic (exact) mass is 432 g/mol. The number of hydrogen-bond acceptors (Lipinski definition) is 5. The molecule has 0 spiro atoms. The van der Waals surface area contributed by atoms with Gasteiger partial charge in [-0.25, -0.2) is 0 Å². The highest BCUT2D eigenvalue weighted by Gasteiger charge is 2.30. The average molecular weight is 433 g/mol. The third-order valence-corrected chi connectivity index (χ3v) is 5.70. The van der Waals surface area contributed by atoms with Crippen LogP contribution in [0.25, 0.3) is 0 Å². The van der Waals surface area contributed by atoms with E-state index in [1.807, 2.05) is 30.3 Å². The number of nitrogens with one attached hydrogen (secondary N) is 1. The van der Waals surface area contributed by atoms with E-state index in [-0.39, 0.29) is 17.9 Å². The predicted octanol–water partition coefficient (Wildman–Crippen LogP) is 4.25. The van der Waals surface area contributed by atoms with Crippen LogP contribution in [0, 0.1) is 0 Å². The molecule has 1 aliphatic heterocycles. The van der Waals surface area contributed by atoms with Crippen LogP contribution in [-0.4, -0.2) is 55.7 Å². The molecule has 1 aliphatic rings. The summed E-state index contributed by atoms with van der Waals surface area (Å²) in [6, 6.07) is 9.38. The lowest BCUT2D eigenvalue weighted by Gasteiger charge is -2.34. The number of unbranched alkanes of at least 4 members (excludes halogenated alkanes) is 6. The number of nitrogens with zero attached hydrogens (tertiary/aromatic N) is 1. The summed E-state index contributed by atoms with van der Waals surface area (Å²) in [5.74, 6) is -0.318. The zero-order valence-corrected chi connectivity index (χ0v) is 19.3. The molecule has 0 radical (unpaired) electrons. The van der Waals surface area contributed by atoms with Crippen molar-refractivity contribution in [1.82, 2.24) is 10.2 Å². The average Bonchev–Trinajstić information content (AvgIpc) is 2.77. The van der Waals surface area contributed by atoms with E-state index in [2.05, 4.69) is 17.1 Å². The molecule has 1 fully saturated rings. The molecule has 2 rings (SSSR count). The topological polar surface area (TPSA) is 67.9 Å². The summed E-state index contributed by atoms with van der Waals surface area (Å²) in [5, 5.41) is 3.18. The predicted molar refractivity (Wildman–Crippen MR) is 123 cm³/mol. The molecule has 174 valence electrons. The zero-order valence-electron chi connectivity index (χ0n) is 19.3. The quantitative estimate of drug-likeness (QED) is 0.352. The second kappa shape index (κ2) is 15.0. The molecule has 0 aliphatic carbocycles. The smallest absolute Gasteiger partial charge is 0.303 e. The van der Waals surface area contributed by atoms with Gasteiger partial charge in [-0.3, -0.25) is 14.5 Å². The maximum atomic E-state index is 12.8. The van der Waals surface area contributed by atoms with Crippen molar-refractivity contribution in [3.63, 3.8) is 0 Å². The highest BCUT2D eigenvalue weighted by atomic mass is 16.5. The van der Waals surface area contributed by atoms with Crippen LogP contribution in [0.1, 0.15) is 76.9 Å². The molecule has 0 saturated carbocycles. The van der Waals surface area contributed by atoms with Gasteiger partial charge in [0.15, 0.2) is 0 Å². The lowest BCUT2D eigenvalue weighted by molar-refractivity contribution is -0.150. The first-order valence-electron chi connectivity index (χ1n) is 11.9. The molecular weight excluding hydrogens is 392 g/mol. The molecule has 0 bridgehead atoms. The van der Waals surface area contributed by atoms with Crippen LogP contribution in [0.15, 0.2) is 30.3 Å². The van der Waals surface area contributed by atoms with Crippen molar-refractivity contribution in [2.24, 2.45) is 0 Å². The number of rotatable bonds is 14. The van der Waals surface area contributed by atoms with Crippen LogP contribution in [0.5, 0.6) is 0 Å². The Morgan fingerprint density at radius 3 is 2.32 bits per heavy atom. The second-order valence-corrected chi connectivity index (χ2v) is 8.40. The lowest BCUT2D eigenvalue weighted by Crippen LogP contribution is -2.50. The third kappa shape index (κ3) is 10.3. The van der Waals surface area contributed by atoms with Gasteiger partial charge in [0.05, 0.1) is 19.3 Å². The highest BCUT2D eigenvalue weighted by Crippen LogP contribution is 2.23. The molecule has 1 aromatic rings. The van der Waals surface area contributed by atoms with Crippen molar-refractivity contribution in [1.29, 1.82) is 0 Å². The van der Waals surface area contributed by atoms with Crippen LogP contribution >= 0.6 is 0 Å². The molecular formula is C25H40N2O4. The number of amides is 1. The number of carbonyl (C=O) groups is 2. The van der Waals surface area contributed by atoms with E-state index in [1.54, 1.807) is 0 Å². The van der Waals surface area contributed by atoms with E-state index in [9.17, 15) is 9.59 Å². The summed E-state index contributed by atoms with van der Waals surface area (Å²) < 4.78 is 11.2. The Bertz CT molecular complexity index is 632. The fraction of sp³-hybridized carbons (Fsp3) is 0.680. The molecule has 6 heteroatoms. The van der Waals surface area contributed by atoms with E-state index in [4.69, 9.17) is 9.47 Å². The Labute approximate surface area is 187 Å². The molecule has 1 aromatic carbocycles. The van der Waals surface area contributed by atoms with Gasteiger partial charge in [0.1, 0.15) is 6.10 Å². The van der Waals surface area contributed by atoms with E-state index in [1.165, 1.54) is 39.0 Å². The van der Waals surface area contributed by atoms with Gasteiger partial charge in [0.25, 0.3) is 0 Å². The van der Waals surface area contributed by atoms with Crippen molar-refractivity contribution >= 4 is 11.9 Å². The van der Waals surface area contributed by atoms with Crippen LogP contribution in [0.3, 0.4) is 0 Å². The first-order chi connectivity index (χ1) is 15.1. The van der Waals surface area contributed by atoms with Crippen LogP contribution in [-0.2, 0) is 19.1 Å². The molecule has 1 amide bonds. The Morgan fingerprint density at radius 1 is 1.03 bits per heavy atom. The standard InChI is InChI=1S/C25H40N2O4/c1-3-4-5-6-7-8-12-15-24(29)26-23(20-27-16-18-30-19-17-27)25(31-21(2)28)22-13-10-9-11-14-22/h9-11,13-14,23,25H,3-8,12,15-20H2,1-2H3,(H,26,29)/t23-,25-/m0/s1. The van der Waals surface area contributed by atoms with Crippen LogP contribution < -0.4 is 5.32 Å². The fourth-order valence-corrected chi connectivity index (χ4v) is 4.00. The van der Waals surface area contributed by atoms with Gasteiger partial charge in [-0.2, -0.15) is 0 Å². The van der Waals surface area contributed by atoms with Gasteiger partial charge in [0, 0.05) is 33.0 Å². The summed E-state index contributed by atoms with van der Waals surface area (Å²) in [5.41, 5.74) is 0.896. The van der Waals surface area contributed by atoms with Gasteiger partial charge in [0.2, 0.25) is 5.91 Å². The SMILES string of the molecule is CCCCCCCCCC(=O)N[C@@H](CN1CCOCC1)[C@@H](OC(C)=O)c1ccccc1. The third-order valence-electron chi connectivity index (χ3n) is 5.70. The van der Waals surface area contributed by atoms with Crippen LogP contribution in [0.4, 0.5) is 0 Å². The molecule has 0 unspecified atom stereocenters. The Morgan fingerprint density at radius 2 is 1.68 bits per heavy atom. The Hall–Kier alpha value is -1.92. The molecule has 0 aromatic heterocycles. The normalized spacial score (nSPS) is 16.5. The number of benzene rings is 1. The fourth-order valence-electron chi connectivity index (χ4n) is 4.00. The highest BCUT2D eigenvalue weighted by molar-refractivity contribution is 5.76.